The zero-order valence-corrected chi connectivity index (χ0v) is 16.5. The second kappa shape index (κ2) is 9.21. The summed E-state index contributed by atoms with van der Waals surface area (Å²) in [5, 5.41) is 2.85. The van der Waals surface area contributed by atoms with Gasteiger partial charge in [0.05, 0.1) is 0 Å². The molecule has 1 atom stereocenters. The minimum atomic E-state index is -0.802. The summed E-state index contributed by atoms with van der Waals surface area (Å²) in [6, 6.07) is 13.3. The first-order valence-electron chi connectivity index (χ1n) is 9.07. The maximum absolute atomic E-state index is 12.2. The zero-order valence-electron chi connectivity index (χ0n) is 16.5. The molecule has 144 valence electrons. The Morgan fingerprint density at radius 1 is 1.04 bits per heavy atom. The van der Waals surface area contributed by atoms with Gasteiger partial charge < -0.3 is 14.8 Å². The van der Waals surface area contributed by atoms with Crippen LogP contribution < -0.4 is 10.1 Å². The van der Waals surface area contributed by atoms with Gasteiger partial charge in [-0.25, -0.2) is 4.79 Å². The smallest absolute Gasteiger partial charge is 0.347 e. The minimum Gasteiger partial charge on any atom is -0.479 e. The van der Waals surface area contributed by atoms with Crippen LogP contribution in [0.3, 0.4) is 0 Å². The van der Waals surface area contributed by atoms with Crippen LogP contribution in [-0.2, 0) is 14.3 Å². The highest BCUT2D eigenvalue weighted by Crippen LogP contribution is 2.27. The number of carbonyl (C=O) groups excluding carboxylic acids is 2. The number of para-hydroxylation sites is 1. The Morgan fingerprint density at radius 3 is 2.41 bits per heavy atom. The summed E-state index contributed by atoms with van der Waals surface area (Å²) in [7, 11) is 0. The molecule has 5 heteroatoms. The van der Waals surface area contributed by atoms with E-state index in [2.05, 4.69) is 19.2 Å². The highest BCUT2D eigenvalue weighted by Gasteiger charge is 2.19. The van der Waals surface area contributed by atoms with Gasteiger partial charge in [0, 0.05) is 5.69 Å². The van der Waals surface area contributed by atoms with Gasteiger partial charge in [0.2, 0.25) is 0 Å². The normalized spacial score (nSPS) is 11.8. The van der Waals surface area contributed by atoms with E-state index in [1.165, 1.54) is 0 Å². The van der Waals surface area contributed by atoms with Gasteiger partial charge >= 0.3 is 5.97 Å². The molecule has 27 heavy (non-hydrogen) atoms. The van der Waals surface area contributed by atoms with Crippen molar-refractivity contribution < 1.29 is 19.1 Å². The number of benzene rings is 2. The molecular weight excluding hydrogens is 342 g/mol. The lowest BCUT2D eigenvalue weighted by molar-refractivity contribution is -0.153. The van der Waals surface area contributed by atoms with Gasteiger partial charge in [0.15, 0.2) is 12.7 Å². The molecule has 0 aromatic heterocycles. The predicted octanol–water partition coefficient (Wildman–Crippen LogP) is 4.38. The van der Waals surface area contributed by atoms with Crippen molar-refractivity contribution in [3.05, 3.63) is 59.2 Å². The van der Waals surface area contributed by atoms with E-state index in [0.717, 1.165) is 22.4 Å². The number of carbonyl (C=O) groups is 2. The Balaban J connectivity index is 1.91. The van der Waals surface area contributed by atoms with Gasteiger partial charge in [-0.15, -0.1) is 0 Å². The number of esters is 1. The van der Waals surface area contributed by atoms with E-state index in [1.54, 1.807) is 13.0 Å². The Labute approximate surface area is 160 Å². The molecule has 0 saturated heterocycles. The molecule has 1 N–H and O–H groups in total. The van der Waals surface area contributed by atoms with E-state index < -0.39 is 12.1 Å². The van der Waals surface area contributed by atoms with Gasteiger partial charge in [-0.2, -0.15) is 0 Å². The van der Waals surface area contributed by atoms with Crippen LogP contribution in [0.25, 0.3) is 0 Å². The monoisotopic (exact) mass is 369 g/mol. The molecule has 0 bridgehead atoms. The average Bonchev–Trinajstić information content (AvgIpc) is 2.61. The third kappa shape index (κ3) is 5.84. The van der Waals surface area contributed by atoms with Crippen molar-refractivity contribution in [3.8, 4) is 5.75 Å². The van der Waals surface area contributed by atoms with Crippen LogP contribution in [0.2, 0.25) is 0 Å². The van der Waals surface area contributed by atoms with E-state index in [4.69, 9.17) is 9.47 Å². The highest BCUT2D eigenvalue weighted by atomic mass is 16.6. The van der Waals surface area contributed by atoms with Crippen LogP contribution in [0.4, 0.5) is 5.69 Å². The van der Waals surface area contributed by atoms with E-state index in [-0.39, 0.29) is 18.4 Å². The molecule has 0 aliphatic heterocycles. The van der Waals surface area contributed by atoms with Crippen molar-refractivity contribution in [2.45, 2.75) is 46.6 Å². The van der Waals surface area contributed by atoms with Crippen molar-refractivity contribution >= 4 is 17.6 Å². The minimum absolute atomic E-state index is 0.269. The third-order valence-corrected chi connectivity index (χ3v) is 4.17. The first kappa shape index (κ1) is 20.5. The van der Waals surface area contributed by atoms with E-state index in [9.17, 15) is 9.59 Å². The first-order valence-corrected chi connectivity index (χ1v) is 9.07. The fourth-order valence-corrected chi connectivity index (χ4v) is 2.71. The molecule has 0 aliphatic carbocycles. The molecular formula is C22H27NO4. The van der Waals surface area contributed by atoms with Crippen LogP contribution in [0.15, 0.2) is 42.5 Å². The van der Waals surface area contributed by atoms with Gasteiger partial charge in [-0.3, -0.25) is 4.79 Å². The molecule has 0 saturated carbocycles. The number of hydrogen-bond acceptors (Lipinski definition) is 4. The van der Waals surface area contributed by atoms with E-state index in [0.29, 0.717) is 5.75 Å². The number of amides is 1. The SMILES string of the molecule is Cc1cccc(O[C@H](C)C(=O)OCC(=O)Nc2c(C)cccc2C(C)C)c1. The Kier molecular flexibility index (Phi) is 6.99. The lowest BCUT2D eigenvalue weighted by atomic mass is 9.98. The third-order valence-electron chi connectivity index (χ3n) is 4.17. The Bertz CT molecular complexity index is 814. The van der Waals surface area contributed by atoms with Gasteiger partial charge in [0.1, 0.15) is 5.75 Å². The van der Waals surface area contributed by atoms with Crippen molar-refractivity contribution in [3.63, 3.8) is 0 Å². The first-order chi connectivity index (χ1) is 12.8. The lowest BCUT2D eigenvalue weighted by Crippen LogP contribution is -2.30. The number of anilines is 1. The number of rotatable bonds is 7. The fraction of sp³-hybridized carbons (Fsp3) is 0.364. The second-order valence-corrected chi connectivity index (χ2v) is 6.93. The summed E-state index contributed by atoms with van der Waals surface area (Å²) >= 11 is 0. The molecule has 0 aliphatic rings. The summed E-state index contributed by atoms with van der Waals surface area (Å²) < 4.78 is 10.7. The largest absolute Gasteiger partial charge is 0.479 e. The van der Waals surface area contributed by atoms with Crippen molar-refractivity contribution in [2.24, 2.45) is 0 Å². The maximum Gasteiger partial charge on any atom is 0.347 e. The summed E-state index contributed by atoms with van der Waals surface area (Å²) in [4.78, 5) is 24.3. The van der Waals surface area contributed by atoms with Crippen molar-refractivity contribution in [2.75, 3.05) is 11.9 Å². The number of nitrogens with one attached hydrogen (secondary N) is 1. The number of aryl methyl sites for hydroxylation is 2. The molecule has 2 rings (SSSR count). The molecule has 1 amide bonds. The van der Waals surface area contributed by atoms with Crippen LogP contribution in [-0.4, -0.2) is 24.6 Å². The van der Waals surface area contributed by atoms with Crippen LogP contribution in [0.5, 0.6) is 5.75 Å². The second-order valence-electron chi connectivity index (χ2n) is 6.93. The van der Waals surface area contributed by atoms with Gasteiger partial charge in [0.25, 0.3) is 5.91 Å². The quantitative estimate of drug-likeness (QED) is 0.736. The fourth-order valence-electron chi connectivity index (χ4n) is 2.71. The predicted molar refractivity (Wildman–Crippen MR) is 106 cm³/mol. The Morgan fingerprint density at radius 2 is 1.74 bits per heavy atom. The topological polar surface area (TPSA) is 64.6 Å². The van der Waals surface area contributed by atoms with Gasteiger partial charge in [-0.05, 0) is 55.5 Å². The van der Waals surface area contributed by atoms with Gasteiger partial charge in [-0.1, -0.05) is 44.2 Å². The van der Waals surface area contributed by atoms with Crippen molar-refractivity contribution in [1.82, 2.24) is 0 Å². The summed E-state index contributed by atoms with van der Waals surface area (Å²) in [6.07, 6.45) is -0.802. The summed E-state index contributed by atoms with van der Waals surface area (Å²) in [5.74, 6) is -0.0984. The molecule has 2 aromatic rings. The van der Waals surface area contributed by atoms with Crippen LogP contribution in [0.1, 0.15) is 43.4 Å². The molecule has 0 fully saturated rings. The molecule has 5 nitrogen and oxygen atoms in total. The van der Waals surface area contributed by atoms with Crippen LogP contribution in [0, 0.1) is 13.8 Å². The standard InChI is InChI=1S/C22H27NO4/c1-14(2)19-11-7-9-16(4)21(19)23-20(24)13-26-22(25)17(5)27-18-10-6-8-15(3)12-18/h6-12,14,17H,13H2,1-5H3,(H,23,24)/t17-/m1/s1. The maximum atomic E-state index is 12.2. The number of ether oxygens (including phenoxy) is 2. The van der Waals surface area contributed by atoms with Crippen LogP contribution >= 0.6 is 0 Å². The molecule has 0 radical (unpaired) electrons. The molecule has 2 aromatic carbocycles. The van der Waals surface area contributed by atoms with Crippen molar-refractivity contribution in [1.29, 1.82) is 0 Å². The summed E-state index contributed by atoms with van der Waals surface area (Å²) in [5.41, 5.74) is 3.83. The lowest BCUT2D eigenvalue weighted by Gasteiger charge is -2.17. The molecule has 0 spiro atoms. The molecule has 0 heterocycles. The average molecular weight is 369 g/mol. The molecule has 0 unspecified atom stereocenters. The Hall–Kier alpha value is -2.82. The summed E-state index contributed by atoms with van der Waals surface area (Å²) in [6.45, 7) is 9.25. The van der Waals surface area contributed by atoms with E-state index in [1.807, 2.05) is 50.2 Å². The number of hydrogen-bond donors (Lipinski definition) is 1. The highest BCUT2D eigenvalue weighted by molar-refractivity contribution is 5.94. The van der Waals surface area contributed by atoms with E-state index >= 15 is 0 Å². The zero-order chi connectivity index (χ0) is 20.0.